The van der Waals surface area contributed by atoms with Crippen LogP contribution in [0.5, 0.6) is 0 Å². The summed E-state index contributed by atoms with van der Waals surface area (Å²) in [7, 11) is -3.50. The van der Waals surface area contributed by atoms with E-state index in [2.05, 4.69) is 14.8 Å². The number of piperidine rings is 1. The third kappa shape index (κ3) is 5.38. The predicted molar refractivity (Wildman–Crippen MR) is 145 cm³/mol. The molecule has 1 aromatic carbocycles. The fourth-order valence-corrected chi connectivity index (χ4v) is 7.27. The van der Waals surface area contributed by atoms with Gasteiger partial charge >= 0.3 is 6.09 Å². The Morgan fingerprint density at radius 3 is 2.61 bits per heavy atom. The number of fused-ring (bicyclic) bond motifs is 1. The Morgan fingerprint density at radius 1 is 1.13 bits per heavy atom. The largest absolute Gasteiger partial charge is 0.444 e. The highest BCUT2D eigenvalue weighted by Gasteiger charge is 2.36. The van der Waals surface area contributed by atoms with Crippen molar-refractivity contribution in [3.8, 4) is 5.69 Å². The molecule has 1 N–H and O–H groups in total. The molecule has 4 aromatic rings. The summed E-state index contributed by atoms with van der Waals surface area (Å²) >= 11 is 0. The summed E-state index contributed by atoms with van der Waals surface area (Å²) in [6, 6.07) is 11.7. The van der Waals surface area contributed by atoms with Gasteiger partial charge in [0.2, 0.25) is 0 Å². The molecule has 1 amide bonds. The van der Waals surface area contributed by atoms with Crippen molar-refractivity contribution in [2.45, 2.75) is 49.5 Å². The topological polar surface area (TPSA) is 102 Å². The standard InChI is InChI=1S/C27H31FN6O3S/c1-27(2,3)37-26(35)33-15-10-21(11-16-33)38(36,25-8-5-19-18-29-13-9-23(19)31-25)32-24-7-6-20(17-22(24)28)34-14-4-12-30-34/h4-9,12-14,17-18,21,38H,10-11,15-16H2,1-3H3,(H,32,36). The summed E-state index contributed by atoms with van der Waals surface area (Å²) in [5.41, 5.74) is 0.722. The number of thiol groups is 1. The molecule has 1 aliphatic heterocycles. The van der Waals surface area contributed by atoms with Crippen molar-refractivity contribution >= 4 is 32.8 Å². The number of benzene rings is 1. The van der Waals surface area contributed by atoms with Crippen LogP contribution in [-0.2, 0) is 14.9 Å². The average molecular weight is 539 g/mol. The van der Waals surface area contributed by atoms with Crippen molar-refractivity contribution in [3.05, 3.63) is 73.1 Å². The number of nitrogens with zero attached hydrogens (tertiary/aromatic N) is 5. The molecule has 3 aromatic heterocycles. The number of pyridine rings is 2. The number of hydrogen-bond acceptors (Lipinski definition) is 6. The molecule has 1 fully saturated rings. The Bertz CT molecular complexity index is 1500. The Kier molecular flexibility index (Phi) is 6.87. The average Bonchev–Trinajstić information content (AvgIpc) is 3.44. The van der Waals surface area contributed by atoms with E-state index in [9.17, 15) is 9.00 Å². The molecule has 0 unspecified atom stereocenters. The normalized spacial score (nSPS) is 15.4. The number of ether oxygens (including phenoxy) is 1. The number of likely N-dealkylation sites (tertiary alicyclic amines) is 1. The summed E-state index contributed by atoms with van der Waals surface area (Å²) in [5, 5.41) is 4.96. The second kappa shape index (κ2) is 10.1. The molecule has 5 rings (SSSR count). The molecule has 1 saturated heterocycles. The quantitative estimate of drug-likeness (QED) is 0.356. The number of carbonyl (C=O) groups excluding carboxylic acids is 1. The van der Waals surface area contributed by atoms with E-state index in [4.69, 9.17) is 9.72 Å². The number of halogens is 1. The van der Waals surface area contributed by atoms with Crippen LogP contribution in [0.25, 0.3) is 16.6 Å². The first-order valence-electron chi connectivity index (χ1n) is 12.5. The lowest BCUT2D eigenvalue weighted by Gasteiger charge is -2.40. The van der Waals surface area contributed by atoms with Gasteiger partial charge in [0.05, 0.1) is 16.9 Å². The number of amides is 1. The lowest BCUT2D eigenvalue weighted by molar-refractivity contribution is 0.0218. The number of aromatic nitrogens is 4. The van der Waals surface area contributed by atoms with Crippen molar-refractivity contribution < 1.29 is 18.1 Å². The Morgan fingerprint density at radius 2 is 1.92 bits per heavy atom. The second-order valence-electron chi connectivity index (χ2n) is 10.3. The first-order chi connectivity index (χ1) is 18.1. The maximum Gasteiger partial charge on any atom is 0.410 e. The third-order valence-electron chi connectivity index (χ3n) is 6.45. The van der Waals surface area contributed by atoms with Gasteiger partial charge in [-0.1, -0.05) is 0 Å². The van der Waals surface area contributed by atoms with Crippen molar-refractivity contribution in [2.75, 3.05) is 17.8 Å². The van der Waals surface area contributed by atoms with E-state index in [-0.39, 0.29) is 10.9 Å². The number of anilines is 1. The zero-order chi connectivity index (χ0) is 26.9. The molecule has 0 atom stereocenters. The van der Waals surface area contributed by atoms with Crippen LogP contribution in [0, 0.1) is 5.82 Å². The summed E-state index contributed by atoms with van der Waals surface area (Å²) in [5.74, 6) is -0.547. The smallest absolute Gasteiger partial charge is 0.410 e. The van der Waals surface area contributed by atoms with E-state index in [1.54, 1.807) is 64.7 Å². The van der Waals surface area contributed by atoms with Crippen LogP contribution in [0.15, 0.2) is 72.3 Å². The lowest BCUT2D eigenvalue weighted by Crippen LogP contribution is -2.48. The minimum Gasteiger partial charge on any atom is -0.444 e. The van der Waals surface area contributed by atoms with Crippen molar-refractivity contribution in [3.63, 3.8) is 0 Å². The van der Waals surface area contributed by atoms with Gasteiger partial charge in [-0.3, -0.25) is 9.19 Å². The molecule has 11 heteroatoms. The SMILES string of the molecule is CC(C)(C)OC(=O)N1CCC([SH](=O)(Nc2ccc(-n3cccn3)cc2F)c2ccc3cnccc3n2)CC1. The van der Waals surface area contributed by atoms with E-state index >= 15 is 4.39 Å². The van der Waals surface area contributed by atoms with E-state index < -0.39 is 27.6 Å². The van der Waals surface area contributed by atoms with Gasteiger partial charge < -0.3 is 14.4 Å². The molecule has 38 heavy (non-hydrogen) atoms. The minimum atomic E-state index is -3.50. The van der Waals surface area contributed by atoms with Crippen molar-refractivity contribution in [1.82, 2.24) is 24.6 Å². The van der Waals surface area contributed by atoms with Gasteiger partial charge in [0.1, 0.15) is 16.4 Å². The molecule has 9 nitrogen and oxygen atoms in total. The fraction of sp³-hybridized carbons (Fsp3) is 0.333. The predicted octanol–water partition coefficient (Wildman–Crippen LogP) is 4.76. The van der Waals surface area contributed by atoms with Gasteiger partial charge in [-0.2, -0.15) is 5.10 Å². The highest BCUT2D eigenvalue weighted by molar-refractivity contribution is 8.04. The number of hydrogen-bond donors (Lipinski definition) is 2. The molecular formula is C27H31FN6O3S. The number of rotatable bonds is 5. The van der Waals surface area contributed by atoms with Crippen LogP contribution in [0.2, 0.25) is 0 Å². The van der Waals surface area contributed by atoms with Gasteiger partial charge in [-0.25, -0.2) is 18.9 Å². The highest BCUT2D eigenvalue weighted by atomic mass is 32.3. The number of nitrogens with one attached hydrogen (secondary N) is 1. The van der Waals surface area contributed by atoms with Crippen molar-refractivity contribution in [1.29, 1.82) is 0 Å². The zero-order valence-corrected chi connectivity index (χ0v) is 22.4. The molecular weight excluding hydrogens is 507 g/mol. The van der Waals surface area contributed by atoms with E-state index in [1.807, 2.05) is 26.8 Å². The maximum atomic E-state index is 15.3. The van der Waals surface area contributed by atoms with Gasteiger partial charge in [-0.15, -0.1) is 0 Å². The molecule has 200 valence electrons. The van der Waals surface area contributed by atoms with Crippen LogP contribution in [0.1, 0.15) is 33.6 Å². The van der Waals surface area contributed by atoms with Crippen LogP contribution >= 0.6 is 0 Å². The lowest BCUT2D eigenvalue weighted by atomic mass is 10.1. The van der Waals surface area contributed by atoms with Gasteiger partial charge in [-0.05, 0) is 70.0 Å². The fourth-order valence-electron chi connectivity index (χ4n) is 4.55. The monoisotopic (exact) mass is 538 g/mol. The summed E-state index contributed by atoms with van der Waals surface area (Å²) < 4.78 is 40.3. The van der Waals surface area contributed by atoms with E-state index in [0.29, 0.717) is 42.2 Å². The Balaban J connectivity index is 1.46. The Labute approximate surface area is 221 Å². The zero-order valence-electron chi connectivity index (χ0n) is 21.5. The first-order valence-corrected chi connectivity index (χ1v) is 14.3. The maximum absolute atomic E-state index is 15.3. The summed E-state index contributed by atoms with van der Waals surface area (Å²) in [6.45, 7) is 6.22. The molecule has 0 bridgehead atoms. The highest BCUT2D eigenvalue weighted by Crippen LogP contribution is 2.34. The summed E-state index contributed by atoms with van der Waals surface area (Å²) in [6.07, 6.45) is 7.17. The van der Waals surface area contributed by atoms with Gasteiger partial charge in [0.25, 0.3) is 0 Å². The summed E-state index contributed by atoms with van der Waals surface area (Å²) in [4.78, 5) is 23.0. The molecule has 1 aliphatic rings. The van der Waals surface area contributed by atoms with E-state index in [0.717, 1.165) is 5.39 Å². The van der Waals surface area contributed by atoms with Gasteiger partial charge in [0.15, 0.2) is 0 Å². The molecule has 4 heterocycles. The third-order valence-corrected chi connectivity index (χ3v) is 9.50. The minimum absolute atomic E-state index is 0.121. The molecule has 0 aliphatic carbocycles. The van der Waals surface area contributed by atoms with Crippen LogP contribution in [0.4, 0.5) is 14.9 Å². The van der Waals surface area contributed by atoms with Crippen LogP contribution in [-0.4, -0.2) is 58.9 Å². The second-order valence-corrected chi connectivity index (χ2v) is 13.0. The number of carbonyl (C=O) groups is 1. The first kappa shape index (κ1) is 25.8. The van der Waals surface area contributed by atoms with E-state index in [1.165, 1.54) is 6.07 Å². The van der Waals surface area contributed by atoms with Crippen LogP contribution in [0.3, 0.4) is 0 Å². The van der Waals surface area contributed by atoms with Gasteiger partial charge in [0, 0.05) is 64.7 Å². The molecule has 0 saturated carbocycles. The Hall–Kier alpha value is -3.86. The molecule has 0 radical (unpaired) electrons. The molecule has 0 spiro atoms. The van der Waals surface area contributed by atoms with Crippen molar-refractivity contribution in [2.24, 2.45) is 0 Å². The van der Waals surface area contributed by atoms with Crippen LogP contribution < -0.4 is 4.72 Å².